The predicted molar refractivity (Wildman–Crippen MR) is 110 cm³/mol. The molecule has 146 valence electrons. The van der Waals surface area contributed by atoms with Crippen LogP contribution in [0, 0.1) is 0 Å². The smallest absolute Gasteiger partial charge is 0.229 e. The highest BCUT2D eigenvalue weighted by molar-refractivity contribution is 5.94. The second-order valence-electron chi connectivity index (χ2n) is 7.76. The molecule has 0 unspecified atom stereocenters. The molecule has 2 aliphatic rings. The Bertz CT molecular complexity index is 1030. The first-order valence-electron chi connectivity index (χ1n) is 10.0. The molecule has 0 amide bonds. The van der Waals surface area contributed by atoms with Crippen molar-refractivity contribution < 1.29 is 10.2 Å². The van der Waals surface area contributed by atoms with E-state index in [1.54, 1.807) is 6.07 Å². The first-order valence-corrected chi connectivity index (χ1v) is 10.0. The fourth-order valence-corrected chi connectivity index (χ4v) is 4.38. The van der Waals surface area contributed by atoms with Gasteiger partial charge in [0.1, 0.15) is 23.0 Å². The minimum atomic E-state index is 0.127. The zero-order valence-electron chi connectivity index (χ0n) is 16.1. The van der Waals surface area contributed by atoms with Gasteiger partial charge in [0.2, 0.25) is 5.95 Å². The van der Waals surface area contributed by atoms with Crippen LogP contribution in [0.3, 0.4) is 0 Å². The predicted octanol–water partition coefficient (Wildman–Crippen LogP) is 3.25. The van der Waals surface area contributed by atoms with Crippen molar-refractivity contribution in [2.45, 2.75) is 25.7 Å². The van der Waals surface area contributed by atoms with Gasteiger partial charge in [0, 0.05) is 38.8 Å². The van der Waals surface area contributed by atoms with Crippen LogP contribution < -0.4 is 9.80 Å². The standard InChI is InChI=1S/C21H25N5O2/c1-24-17(15-12-14(27)6-7-18(15)28)13-16-19(24)22-21(26-10-4-5-11-26)23-20(16)25-8-2-3-9-25/h6-7,12-13,27-28H,2-5,8-11H2,1H3. The van der Waals surface area contributed by atoms with Crippen LogP contribution in [0.25, 0.3) is 22.3 Å². The highest BCUT2D eigenvalue weighted by Gasteiger charge is 2.25. The number of aromatic nitrogens is 3. The van der Waals surface area contributed by atoms with Gasteiger partial charge < -0.3 is 24.6 Å². The van der Waals surface area contributed by atoms with Gasteiger partial charge >= 0.3 is 0 Å². The fourth-order valence-electron chi connectivity index (χ4n) is 4.38. The third-order valence-corrected chi connectivity index (χ3v) is 5.90. The van der Waals surface area contributed by atoms with Gasteiger partial charge in [-0.2, -0.15) is 9.97 Å². The first kappa shape index (κ1) is 17.2. The molecular weight excluding hydrogens is 354 g/mol. The van der Waals surface area contributed by atoms with Crippen molar-refractivity contribution in [2.75, 3.05) is 36.0 Å². The van der Waals surface area contributed by atoms with Crippen LogP contribution in [-0.2, 0) is 7.05 Å². The molecule has 0 atom stereocenters. The number of fused-ring (bicyclic) bond motifs is 1. The number of benzene rings is 1. The van der Waals surface area contributed by atoms with Gasteiger partial charge in [0.15, 0.2) is 0 Å². The number of hydrogen-bond acceptors (Lipinski definition) is 6. The molecule has 3 aromatic rings. The number of anilines is 2. The maximum absolute atomic E-state index is 10.4. The lowest BCUT2D eigenvalue weighted by Crippen LogP contribution is -2.24. The molecule has 2 aliphatic heterocycles. The second-order valence-corrected chi connectivity index (χ2v) is 7.76. The summed E-state index contributed by atoms with van der Waals surface area (Å²) in [6.45, 7) is 4.01. The SMILES string of the molecule is Cn1c(-c2cc(O)ccc2O)cc2c(N3CCCC3)nc(N3CCCC3)nc21. The van der Waals surface area contributed by atoms with E-state index in [4.69, 9.17) is 9.97 Å². The molecule has 0 spiro atoms. The van der Waals surface area contributed by atoms with Gasteiger partial charge in [-0.05, 0) is 49.9 Å². The average molecular weight is 379 g/mol. The number of aromatic hydroxyl groups is 2. The largest absolute Gasteiger partial charge is 0.508 e. The van der Waals surface area contributed by atoms with E-state index in [0.717, 1.165) is 54.7 Å². The molecule has 5 rings (SSSR count). The van der Waals surface area contributed by atoms with Gasteiger partial charge in [0.05, 0.1) is 11.1 Å². The lowest BCUT2D eigenvalue weighted by molar-refractivity contribution is 0.461. The molecule has 0 radical (unpaired) electrons. The molecule has 1 aromatic carbocycles. The average Bonchev–Trinajstić information content (AvgIpc) is 3.44. The van der Waals surface area contributed by atoms with E-state index < -0.39 is 0 Å². The van der Waals surface area contributed by atoms with Crippen LogP contribution in [0.1, 0.15) is 25.7 Å². The quantitative estimate of drug-likeness (QED) is 0.680. The molecule has 2 aromatic heterocycles. The van der Waals surface area contributed by atoms with Crippen LogP contribution in [0.4, 0.5) is 11.8 Å². The molecular formula is C21H25N5O2. The second kappa shape index (κ2) is 6.58. The number of nitrogens with zero attached hydrogens (tertiary/aromatic N) is 5. The Morgan fingerprint density at radius 2 is 1.54 bits per heavy atom. The Hall–Kier alpha value is -2.96. The molecule has 0 saturated carbocycles. The van der Waals surface area contributed by atoms with E-state index in [0.29, 0.717) is 5.56 Å². The van der Waals surface area contributed by atoms with Crippen molar-refractivity contribution in [3.05, 3.63) is 24.3 Å². The Morgan fingerprint density at radius 3 is 2.25 bits per heavy atom. The molecule has 2 fully saturated rings. The number of phenolic OH excluding ortho intramolecular Hbond substituents is 2. The van der Waals surface area contributed by atoms with Gasteiger partial charge in [-0.3, -0.25) is 0 Å². The van der Waals surface area contributed by atoms with Crippen LogP contribution in [0.5, 0.6) is 11.5 Å². The van der Waals surface area contributed by atoms with Gasteiger partial charge in [-0.15, -0.1) is 0 Å². The van der Waals surface area contributed by atoms with Crippen molar-refractivity contribution in [1.29, 1.82) is 0 Å². The van der Waals surface area contributed by atoms with Gasteiger partial charge in [-0.1, -0.05) is 0 Å². The zero-order valence-corrected chi connectivity index (χ0v) is 16.1. The summed E-state index contributed by atoms with van der Waals surface area (Å²) >= 11 is 0. The summed E-state index contributed by atoms with van der Waals surface area (Å²) in [6, 6.07) is 6.63. The summed E-state index contributed by atoms with van der Waals surface area (Å²) in [5.41, 5.74) is 2.27. The number of phenols is 2. The van der Waals surface area contributed by atoms with Crippen LogP contribution in [0.2, 0.25) is 0 Å². The van der Waals surface area contributed by atoms with E-state index >= 15 is 0 Å². The van der Waals surface area contributed by atoms with Gasteiger partial charge in [0.25, 0.3) is 0 Å². The third-order valence-electron chi connectivity index (χ3n) is 5.90. The number of hydrogen-bond donors (Lipinski definition) is 2. The molecule has 28 heavy (non-hydrogen) atoms. The molecule has 0 bridgehead atoms. The first-order chi connectivity index (χ1) is 13.6. The van der Waals surface area contributed by atoms with Crippen molar-refractivity contribution >= 4 is 22.8 Å². The number of rotatable bonds is 3. The fraction of sp³-hybridized carbons (Fsp3) is 0.429. The van der Waals surface area contributed by atoms with E-state index in [1.807, 2.05) is 17.7 Å². The van der Waals surface area contributed by atoms with Crippen molar-refractivity contribution in [2.24, 2.45) is 7.05 Å². The normalized spacial score (nSPS) is 17.2. The van der Waals surface area contributed by atoms with E-state index in [-0.39, 0.29) is 11.5 Å². The van der Waals surface area contributed by atoms with Crippen molar-refractivity contribution in [3.8, 4) is 22.8 Å². The Labute approximate surface area is 163 Å². The molecule has 0 aliphatic carbocycles. The van der Waals surface area contributed by atoms with E-state index in [1.165, 1.54) is 37.8 Å². The number of aryl methyl sites for hydroxylation is 1. The van der Waals surface area contributed by atoms with E-state index in [2.05, 4.69) is 9.80 Å². The molecule has 2 N–H and O–H groups in total. The van der Waals surface area contributed by atoms with Gasteiger partial charge in [-0.25, -0.2) is 0 Å². The van der Waals surface area contributed by atoms with Crippen molar-refractivity contribution in [3.63, 3.8) is 0 Å². The molecule has 2 saturated heterocycles. The Morgan fingerprint density at radius 1 is 0.857 bits per heavy atom. The zero-order chi connectivity index (χ0) is 19.3. The maximum atomic E-state index is 10.4. The summed E-state index contributed by atoms with van der Waals surface area (Å²) < 4.78 is 1.99. The summed E-state index contributed by atoms with van der Waals surface area (Å²) in [5.74, 6) is 2.03. The topological polar surface area (TPSA) is 77.7 Å². The highest BCUT2D eigenvalue weighted by Crippen LogP contribution is 2.38. The van der Waals surface area contributed by atoms with Crippen LogP contribution >= 0.6 is 0 Å². The molecule has 4 heterocycles. The third kappa shape index (κ3) is 2.73. The lowest BCUT2D eigenvalue weighted by Gasteiger charge is -2.21. The lowest BCUT2D eigenvalue weighted by atomic mass is 10.1. The minimum Gasteiger partial charge on any atom is -0.508 e. The van der Waals surface area contributed by atoms with Crippen LogP contribution in [0.15, 0.2) is 24.3 Å². The summed E-state index contributed by atoms with van der Waals surface area (Å²) in [7, 11) is 1.95. The Kier molecular flexibility index (Phi) is 4.03. The minimum absolute atomic E-state index is 0.127. The molecule has 7 heteroatoms. The monoisotopic (exact) mass is 379 g/mol. The maximum Gasteiger partial charge on any atom is 0.229 e. The van der Waals surface area contributed by atoms with E-state index in [9.17, 15) is 10.2 Å². The molecule has 7 nitrogen and oxygen atoms in total. The Balaban J connectivity index is 1.73. The summed E-state index contributed by atoms with van der Waals surface area (Å²) in [5, 5.41) is 21.3. The van der Waals surface area contributed by atoms with Crippen molar-refractivity contribution in [1.82, 2.24) is 14.5 Å². The van der Waals surface area contributed by atoms with Crippen LogP contribution in [-0.4, -0.2) is 50.9 Å². The summed E-state index contributed by atoms with van der Waals surface area (Å²) in [4.78, 5) is 14.5. The summed E-state index contributed by atoms with van der Waals surface area (Å²) in [6.07, 6.45) is 4.71. The highest BCUT2D eigenvalue weighted by atomic mass is 16.3.